The topological polar surface area (TPSA) is 21.3 Å². The zero-order valence-corrected chi connectivity index (χ0v) is 11.7. The molecule has 0 heterocycles. The minimum Gasteiger partial charge on any atom is -0.491 e. The highest BCUT2D eigenvalue weighted by Gasteiger charge is 2.13. The average Bonchev–Trinajstić information content (AvgIpc) is 2.28. The lowest BCUT2D eigenvalue weighted by Crippen LogP contribution is -2.36. The molecular formula is C15H25NO. The Hall–Kier alpha value is -1.02. The van der Waals surface area contributed by atoms with Gasteiger partial charge in [-0.15, -0.1) is 0 Å². The maximum absolute atomic E-state index is 5.62. The van der Waals surface area contributed by atoms with E-state index in [1.54, 1.807) is 0 Å². The normalized spacial score (nSPS) is 11.9. The Morgan fingerprint density at radius 1 is 1.18 bits per heavy atom. The minimum atomic E-state index is 0.201. The summed E-state index contributed by atoms with van der Waals surface area (Å²) in [5, 5.41) is 3.32. The predicted molar refractivity (Wildman–Crippen MR) is 73.7 cm³/mol. The Labute approximate surface area is 105 Å². The van der Waals surface area contributed by atoms with Crippen LogP contribution >= 0.6 is 0 Å². The third-order valence-electron chi connectivity index (χ3n) is 3.01. The summed E-state index contributed by atoms with van der Waals surface area (Å²) in [6, 6.07) is 8.43. The molecule has 2 nitrogen and oxygen atoms in total. The highest BCUT2D eigenvalue weighted by Crippen LogP contribution is 2.17. The first-order valence-corrected chi connectivity index (χ1v) is 6.37. The smallest absolute Gasteiger partial charge is 0.119 e. The van der Waals surface area contributed by atoms with Gasteiger partial charge in [0.05, 0.1) is 6.10 Å². The fourth-order valence-electron chi connectivity index (χ4n) is 1.59. The van der Waals surface area contributed by atoms with Gasteiger partial charge in [-0.05, 0) is 65.3 Å². The van der Waals surface area contributed by atoms with Crippen molar-refractivity contribution < 1.29 is 4.74 Å². The van der Waals surface area contributed by atoms with E-state index in [9.17, 15) is 0 Å². The molecule has 96 valence electrons. The van der Waals surface area contributed by atoms with Gasteiger partial charge in [-0.2, -0.15) is 0 Å². The van der Waals surface area contributed by atoms with Crippen LogP contribution in [0.5, 0.6) is 5.75 Å². The summed E-state index contributed by atoms with van der Waals surface area (Å²) < 4.78 is 5.62. The Kier molecular flexibility index (Phi) is 5.01. The van der Waals surface area contributed by atoms with E-state index < -0.39 is 0 Å². The highest BCUT2D eigenvalue weighted by molar-refractivity contribution is 5.27. The second kappa shape index (κ2) is 6.06. The lowest BCUT2D eigenvalue weighted by atomic mass is 9.95. The molecule has 1 aromatic rings. The molecule has 1 rings (SSSR count). The fraction of sp³-hybridized carbons (Fsp3) is 0.600. The summed E-state index contributed by atoms with van der Waals surface area (Å²) >= 11 is 0. The first kappa shape index (κ1) is 14.0. The molecule has 0 fully saturated rings. The maximum atomic E-state index is 5.62. The minimum absolute atomic E-state index is 0.201. The lowest BCUT2D eigenvalue weighted by Gasteiger charge is -2.23. The van der Waals surface area contributed by atoms with Crippen LogP contribution in [0.25, 0.3) is 0 Å². The Morgan fingerprint density at radius 2 is 1.76 bits per heavy atom. The zero-order valence-electron chi connectivity index (χ0n) is 11.7. The van der Waals surface area contributed by atoms with Crippen LogP contribution in [0.1, 0.15) is 39.7 Å². The maximum Gasteiger partial charge on any atom is 0.119 e. The van der Waals surface area contributed by atoms with Crippen molar-refractivity contribution in [1.82, 2.24) is 5.32 Å². The number of rotatable bonds is 6. The Morgan fingerprint density at radius 3 is 2.24 bits per heavy atom. The number of ether oxygens (including phenoxy) is 1. The summed E-state index contributed by atoms with van der Waals surface area (Å²) in [6.45, 7) is 8.54. The quantitative estimate of drug-likeness (QED) is 0.816. The molecule has 0 radical (unpaired) electrons. The van der Waals surface area contributed by atoms with Crippen molar-refractivity contribution in [2.75, 3.05) is 7.05 Å². The van der Waals surface area contributed by atoms with E-state index in [1.807, 2.05) is 20.9 Å². The molecular weight excluding hydrogens is 210 g/mol. The average molecular weight is 235 g/mol. The van der Waals surface area contributed by atoms with Crippen molar-refractivity contribution in [1.29, 1.82) is 0 Å². The summed E-state index contributed by atoms with van der Waals surface area (Å²) in [5.41, 5.74) is 1.57. The standard InChI is InChI=1S/C15H25NO/c1-12(2)17-14-8-6-13(7-9-14)10-11-15(3,4)16-5/h6-9,12,16H,10-11H2,1-5H3. The third-order valence-corrected chi connectivity index (χ3v) is 3.01. The molecule has 0 aromatic heterocycles. The van der Waals surface area contributed by atoms with Crippen molar-refractivity contribution >= 4 is 0 Å². The summed E-state index contributed by atoms with van der Waals surface area (Å²) in [7, 11) is 2.01. The SMILES string of the molecule is CNC(C)(C)CCc1ccc(OC(C)C)cc1. The van der Waals surface area contributed by atoms with Crippen LogP contribution in [0, 0.1) is 0 Å². The van der Waals surface area contributed by atoms with Crippen molar-refractivity contribution in [3.63, 3.8) is 0 Å². The molecule has 0 saturated heterocycles. The van der Waals surface area contributed by atoms with Gasteiger partial charge < -0.3 is 10.1 Å². The summed E-state index contributed by atoms with van der Waals surface area (Å²) in [4.78, 5) is 0. The van der Waals surface area contributed by atoms with Crippen LogP contribution in [0.3, 0.4) is 0 Å². The van der Waals surface area contributed by atoms with Crippen molar-refractivity contribution in [2.45, 2.75) is 52.2 Å². The zero-order chi connectivity index (χ0) is 12.9. The largest absolute Gasteiger partial charge is 0.491 e. The van der Waals surface area contributed by atoms with Crippen molar-refractivity contribution in [2.24, 2.45) is 0 Å². The Bertz CT molecular complexity index is 327. The fourth-order valence-corrected chi connectivity index (χ4v) is 1.59. The molecule has 17 heavy (non-hydrogen) atoms. The first-order valence-electron chi connectivity index (χ1n) is 6.37. The van der Waals surface area contributed by atoms with Crippen LogP contribution < -0.4 is 10.1 Å². The van der Waals surface area contributed by atoms with Crippen LogP contribution in [-0.2, 0) is 6.42 Å². The highest BCUT2D eigenvalue weighted by atomic mass is 16.5. The lowest BCUT2D eigenvalue weighted by molar-refractivity contribution is 0.242. The van der Waals surface area contributed by atoms with E-state index in [1.165, 1.54) is 5.56 Å². The van der Waals surface area contributed by atoms with Crippen LogP contribution in [0.2, 0.25) is 0 Å². The van der Waals surface area contributed by atoms with E-state index >= 15 is 0 Å². The molecule has 1 N–H and O–H groups in total. The van der Waals surface area contributed by atoms with Crippen LogP contribution in [0.15, 0.2) is 24.3 Å². The first-order chi connectivity index (χ1) is 7.93. The van der Waals surface area contributed by atoms with Crippen molar-refractivity contribution in [3.05, 3.63) is 29.8 Å². The summed E-state index contributed by atoms with van der Waals surface area (Å²) in [5.74, 6) is 0.955. The number of nitrogens with one attached hydrogen (secondary N) is 1. The van der Waals surface area contributed by atoms with Crippen molar-refractivity contribution in [3.8, 4) is 5.75 Å². The number of hydrogen-bond acceptors (Lipinski definition) is 2. The molecule has 0 amide bonds. The van der Waals surface area contributed by atoms with E-state index in [4.69, 9.17) is 4.74 Å². The molecule has 2 heteroatoms. The molecule has 0 unspecified atom stereocenters. The van der Waals surface area contributed by atoms with Gasteiger partial charge in [-0.3, -0.25) is 0 Å². The second-order valence-corrected chi connectivity index (χ2v) is 5.44. The van der Waals surface area contributed by atoms with E-state index in [-0.39, 0.29) is 11.6 Å². The van der Waals surface area contributed by atoms with Gasteiger partial charge in [0.1, 0.15) is 5.75 Å². The van der Waals surface area contributed by atoms with Crippen LogP contribution in [-0.4, -0.2) is 18.7 Å². The molecule has 1 aromatic carbocycles. The third kappa shape index (κ3) is 5.22. The van der Waals surface area contributed by atoms with E-state index in [2.05, 4.69) is 43.4 Å². The van der Waals surface area contributed by atoms with Gasteiger partial charge in [0, 0.05) is 5.54 Å². The van der Waals surface area contributed by atoms with Gasteiger partial charge in [-0.25, -0.2) is 0 Å². The van der Waals surface area contributed by atoms with Gasteiger partial charge >= 0.3 is 0 Å². The van der Waals surface area contributed by atoms with E-state index in [0.717, 1.165) is 18.6 Å². The van der Waals surface area contributed by atoms with Gasteiger partial charge in [0.15, 0.2) is 0 Å². The molecule has 0 bridgehead atoms. The van der Waals surface area contributed by atoms with E-state index in [0.29, 0.717) is 0 Å². The van der Waals surface area contributed by atoms with Gasteiger partial charge in [0.25, 0.3) is 0 Å². The monoisotopic (exact) mass is 235 g/mol. The van der Waals surface area contributed by atoms with Crippen LogP contribution in [0.4, 0.5) is 0 Å². The summed E-state index contributed by atoms with van der Waals surface area (Å²) in [6.07, 6.45) is 2.47. The molecule has 0 spiro atoms. The molecule has 0 atom stereocenters. The molecule has 0 aliphatic heterocycles. The van der Waals surface area contributed by atoms with Gasteiger partial charge in [-0.1, -0.05) is 12.1 Å². The number of aryl methyl sites for hydroxylation is 1. The second-order valence-electron chi connectivity index (χ2n) is 5.44. The molecule has 0 aliphatic rings. The predicted octanol–water partition coefficient (Wildman–Crippen LogP) is 3.40. The molecule has 0 aliphatic carbocycles. The van der Waals surface area contributed by atoms with Gasteiger partial charge in [0.2, 0.25) is 0 Å². The number of benzene rings is 1. The number of hydrogen-bond donors (Lipinski definition) is 1. The molecule has 0 saturated carbocycles. The Balaban J connectivity index is 2.51.